The molecule has 1 atom stereocenters. The maximum absolute atomic E-state index is 12.3. The molecule has 2 aromatic carbocycles. The zero-order valence-corrected chi connectivity index (χ0v) is 17.3. The predicted octanol–water partition coefficient (Wildman–Crippen LogP) is 4.48. The smallest absolute Gasteiger partial charge is 0.325 e. The maximum atomic E-state index is 12.3. The van der Waals surface area contributed by atoms with E-state index in [4.69, 9.17) is 9.72 Å². The van der Waals surface area contributed by atoms with E-state index in [1.165, 1.54) is 0 Å². The van der Waals surface area contributed by atoms with Gasteiger partial charge in [-0.2, -0.15) is 0 Å². The highest BCUT2D eigenvalue weighted by atomic mass is 32.1. The van der Waals surface area contributed by atoms with Crippen LogP contribution in [0.1, 0.15) is 22.2 Å². The predicted molar refractivity (Wildman–Crippen MR) is 117 cm³/mol. The number of para-hydroxylation sites is 1. The van der Waals surface area contributed by atoms with Crippen LogP contribution in [0, 0.1) is 0 Å². The molecule has 2 N–H and O–H groups in total. The largest absolute Gasteiger partial charge is 0.497 e. The highest BCUT2D eigenvalue weighted by Crippen LogP contribution is 2.36. The number of fused-ring (bicyclic) bond motifs is 2. The highest BCUT2D eigenvalue weighted by molar-refractivity contribution is 7.15. The van der Waals surface area contributed by atoms with E-state index in [0.717, 1.165) is 49.8 Å². The molecule has 6 nitrogen and oxygen atoms in total. The molecule has 30 heavy (non-hydrogen) atoms. The first-order chi connectivity index (χ1) is 14.6. The summed E-state index contributed by atoms with van der Waals surface area (Å²) >= 11 is 1.64. The first-order valence-corrected chi connectivity index (χ1v) is 10.6. The summed E-state index contributed by atoms with van der Waals surface area (Å²) in [6.45, 7) is 1.24. The summed E-state index contributed by atoms with van der Waals surface area (Å²) in [6.07, 6.45) is 2.57. The molecule has 4 aromatic rings. The van der Waals surface area contributed by atoms with Gasteiger partial charge < -0.3 is 14.8 Å². The van der Waals surface area contributed by atoms with E-state index < -0.39 is 12.0 Å². The van der Waals surface area contributed by atoms with E-state index in [1.54, 1.807) is 18.4 Å². The first-order valence-electron chi connectivity index (χ1n) is 9.80. The SMILES string of the molecule is COc1ccc(-c2nc3c(s2)CN(C(C(=O)O)c2c[nH]c4ccccc24)CC3)cc1. The number of aromatic amines is 1. The maximum Gasteiger partial charge on any atom is 0.325 e. The molecule has 0 saturated heterocycles. The fraction of sp³-hybridized carbons (Fsp3) is 0.217. The van der Waals surface area contributed by atoms with Crippen molar-refractivity contribution in [1.82, 2.24) is 14.9 Å². The molecule has 2 aromatic heterocycles. The summed E-state index contributed by atoms with van der Waals surface area (Å²) in [5, 5.41) is 12.0. The Morgan fingerprint density at radius 3 is 2.80 bits per heavy atom. The lowest BCUT2D eigenvalue weighted by molar-refractivity contribution is -0.144. The molecule has 0 bridgehead atoms. The standard InChI is InChI=1S/C23H21N3O3S/c1-29-15-8-6-14(7-9-15)22-25-19-10-11-26(13-20(19)30-22)21(23(27)28)17-12-24-18-5-3-2-4-16(17)18/h2-9,12,21,24H,10-11,13H2,1H3,(H,27,28). The lowest BCUT2D eigenvalue weighted by Crippen LogP contribution is -2.37. The van der Waals surface area contributed by atoms with Gasteiger partial charge in [0.15, 0.2) is 0 Å². The van der Waals surface area contributed by atoms with Gasteiger partial charge in [-0.1, -0.05) is 18.2 Å². The number of nitrogens with one attached hydrogen (secondary N) is 1. The van der Waals surface area contributed by atoms with Crippen LogP contribution in [0.2, 0.25) is 0 Å². The number of benzene rings is 2. The van der Waals surface area contributed by atoms with Gasteiger partial charge in [-0.3, -0.25) is 9.69 Å². The Morgan fingerprint density at radius 1 is 1.23 bits per heavy atom. The second-order valence-electron chi connectivity index (χ2n) is 7.37. The molecular weight excluding hydrogens is 398 g/mol. The summed E-state index contributed by atoms with van der Waals surface area (Å²) in [5.41, 5.74) is 3.88. The van der Waals surface area contributed by atoms with Crippen molar-refractivity contribution in [2.24, 2.45) is 0 Å². The number of hydrogen-bond donors (Lipinski definition) is 2. The van der Waals surface area contributed by atoms with Gasteiger partial charge in [0.25, 0.3) is 0 Å². The Morgan fingerprint density at radius 2 is 2.03 bits per heavy atom. The minimum absolute atomic E-state index is 0.583. The fourth-order valence-corrected chi connectivity index (χ4v) is 5.24. The molecule has 5 rings (SSSR count). The number of hydrogen-bond acceptors (Lipinski definition) is 5. The molecule has 0 fully saturated rings. The minimum atomic E-state index is -0.830. The van der Waals surface area contributed by atoms with E-state index in [1.807, 2.05) is 59.6 Å². The van der Waals surface area contributed by atoms with Crippen molar-refractivity contribution in [3.63, 3.8) is 0 Å². The molecule has 7 heteroatoms. The fourth-order valence-electron chi connectivity index (χ4n) is 4.10. The van der Waals surface area contributed by atoms with E-state index in [0.29, 0.717) is 13.1 Å². The van der Waals surface area contributed by atoms with Crippen LogP contribution >= 0.6 is 11.3 Å². The van der Waals surface area contributed by atoms with Crippen LogP contribution in [0.3, 0.4) is 0 Å². The second-order valence-corrected chi connectivity index (χ2v) is 8.45. The van der Waals surface area contributed by atoms with Crippen LogP contribution in [0.25, 0.3) is 21.5 Å². The molecule has 1 unspecified atom stereocenters. The van der Waals surface area contributed by atoms with Crippen molar-refractivity contribution >= 4 is 28.2 Å². The van der Waals surface area contributed by atoms with Crippen molar-refractivity contribution in [1.29, 1.82) is 0 Å². The quantitative estimate of drug-likeness (QED) is 0.499. The van der Waals surface area contributed by atoms with Gasteiger partial charge in [0, 0.05) is 52.6 Å². The Hall–Kier alpha value is -3.16. The molecular formula is C23H21N3O3S. The number of carboxylic acids is 1. The van der Waals surface area contributed by atoms with E-state index in [-0.39, 0.29) is 0 Å². The number of thiazole rings is 1. The third kappa shape index (κ3) is 3.26. The number of carboxylic acid groups (broad SMARTS) is 1. The Labute approximate surface area is 177 Å². The number of aliphatic carboxylic acids is 1. The van der Waals surface area contributed by atoms with E-state index in [9.17, 15) is 9.90 Å². The van der Waals surface area contributed by atoms with Crippen molar-refractivity contribution in [3.05, 3.63) is 70.9 Å². The van der Waals surface area contributed by atoms with Crippen LogP contribution in [-0.4, -0.2) is 39.6 Å². The van der Waals surface area contributed by atoms with Gasteiger partial charge in [-0.15, -0.1) is 11.3 Å². The summed E-state index contributed by atoms with van der Waals surface area (Å²) < 4.78 is 5.23. The van der Waals surface area contributed by atoms with Gasteiger partial charge in [-0.05, 0) is 30.3 Å². The molecule has 0 aliphatic carbocycles. The van der Waals surface area contributed by atoms with Crippen LogP contribution in [0.5, 0.6) is 5.75 Å². The Balaban J connectivity index is 1.45. The first kappa shape index (κ1) is 18.8. The summed E-state index contributed by atoms with van der Waals surface area (Å²) in [5.74, 6) is -0.0163. The van der Waals surface area contributed by atoms with E-state index in [2.05, 4.69) is 4.98 Å². The summed E-state index contributed by atoms with van der Waals surface area (Å²) in [4.78, 5) is 23.5. The van der Waals surface area contributed by atoms with Gasteiger partial charge in [0.1, 0.15) is 16.8 Å². The molecule has 1 aliphatic rings. The molecule has 0 saturated carbocycles. The van der Waals surface area contributed by atoms with Crippen molar-refractivity contribution in [2.75, 3.05) is 13.7 Å². The number of aromatic nitrogens is 2. The molecule has 1 aliphatic heterocycles. The molecule has 152 valence electrons. The monoisotopic (exact) mass is 419 g/mol. The van der Waals surface area contributed by atoms with Crippen LogP contribution < -0.4 is 4.74 Å². The number of nitrogens with zero attached hydrogens (tertiary/aromatic N) is 2. The van der Waals surface area contributed by atoms with Gasteiger partial charge in [-0.25, -0.2) is 4.98 Å². The van der Waals surface area contributed by atoms with Crippen LogP contribution in [0.4, 0.5) is 0 Å². The molecule has 0 radical (unpaired) electrons. The lowest BCUT2D eigenvalue weighted by Gasteiger charge is -2.31. The van der Waals surface area contributed by atoms with Crippen LogP contribution in [0.15, 0.2) is 54.7 Å². The van der Waals surface area contributed by atoms with Gasteiger partial charge in [0.05, 0.1) is 12.8 Å². The summed E-state index contributed by atoms with van der Waals surface area (Å²) in [7, 11) is 1.65. The van der Waals surface area contributed by atoms with Crippen molar-refractivity contribution in [2.45, 2.75) is 19.0 Å². The zero-order chi connectivity index (χ0) is 20.7. The molecule has 0 spiro atoms. The average molecular weight is 420 g/mol. The third-order valence-corrected chi connectivity index (χ3v) is 6.74. The van der Waals surface area contributed by atoms with Crippen molar-refractivity contribution in [3.8, 4) is 16.3 Å². The number of ether oxygens (including phenoxy) is 1. The second kappa shape index (κ2) is 7.59. The van der Waals surface area contributed by atoms with Gasteiger partial charge >= 0.3 is 5.97 Å². The van der Waals surface area contributed by atoms with Crippen LogP contribution in [-0.2, 0) is 17.8 Å². The highest BCUT2D eigenvalue weighted by Gasteiger charge is 2.33. The number of rotatable bonds is 5. The number of methoxy groups -OCH3 is 1. The molecule has 0 amide bonds. The third-order valence-electron chi connectivity index (χ3n) is 5.61. The van der Waals surface area contributed by atoms with Gasteiger partial charge in [0.2, 0.25) is 0 Å². The van der Waals surface area contributed by atoms with Crippen molar-refractivity contribution < 1.29 is 14.6 Å². The normalized spacial score (nSPS) is 15.1. The van der Waals surface area contributed by atoms with E-state index >= 15 is 0 Å². The number of carbonyl (C=O) groups is 1. The average Bonchev–Trinajstić information content (AvgIpc) is 3.38. The number of H-pyrrole nitrogens is 1. The Bertz CT molecular complexity index is 1210. The topological polar surface area (TPSA) is 78.4 Å². The zero-order valence-electron chi connectivity index (χ0n) is 16.5. The molecule has 3 heterocycles. The Kier molecular flexibility index (Phi) is 4.77. The summed E-state index contributed by atoms with van der Waals surface area (Å²) in [6, 6.07) is 15.0. The lowest BCUT2D eigenvalue weighted by atomic mass is 10.0. The minimum Gasteiger partial charge on any atom is -0.497 e.